The molecule has 0 aliphatic heterocycles. The Hall–Kier alpha value is -3.29. The zero-order valence-corrected chi connectivity index (χ0v) is 14.5. The largest absolute Gasteiger partial charge is 0.481 e. The number of carbonyl (C=O) groups is 2. The summed E-state index contributed by atoms with van der Waals surface area (Å²) in [4.78, 5) is 27.5. The van der Waals surface area contributed by atoms with Crippen molar-refractivity contribution in [1.29, 1.82) is 0 Å². The van der Waals surface area contributed by atoms with E-state index in [-0.39, 0.29) is 30.5 Å². The van der Waals surface area contributed by atoms with Crippen LogP contribution in [0.15, 0.2) is 36.5 Å². The van der Waals surface area contributed by atoms with Gasteiger partial charge in [0.2, 0.25) is 0 Å². The second kappa shape index (κ2) is 7.30. The number of benzene rings is 1. The molecule has 3 rings (SSSR count). The molecular weight excluding hydrogens is 334 g/mol. The number of aromatic nitrogens is 4. The van der Waals surface area contributed by atoms with E-state index in [2.05, 4.69) is 20.6 Å². The van der Waals surface area contributed by atoms with Gasteiger partial charge in [-0.05, 0) is 25.0 Å². The average molecular weight is 353 g/mol. The Morgan fingerprint density at radius 2 is 2.04 bits per heavy atom. The molecular formula is C18H19N5O3. The lowest BCUT2D eigenvalue weighted by Crippen LogP contribution is -2.30. The number of hydrogen-bond donors (Lipinski definition) is 2. The molecule has 26 heavy (non-hydrogen) atoms. The molecule has 2 heterocycles. The van der Waals surface area contributed by atoms with Crippen LogP contribution in [0.4, 0.5) is 0 Å². The highest BCUT2D eigenvalue weighted by Crippen LogP contribution is 2.21. The molecule has 8 nitrogen and oxygen atoms in total. The van der Waals surface area contributed by atoms with Crippen LogP contribution in [0.5, 0.6) is 0 Å². The van der Waals surface area contributed by atoms with Crippen LogP contribution in [0.2, 0.25) is 0 Å². The third kappa shape index (κ3) is 3.53. The number of amides is 1. The van der Waals surface area contributed by atoms with Crippen LogP contribution in [-0.2, 0) is 4.79 Å². The van der Waals surface area contributed by atoms with Crippen molar-refractivity contribution < 1.29 is 14.7 Å². The first-order valence-corrected chi connectivity index (χ1v) is 8.23. The normalized spacial score (nSPS) is 12.1. The number of fused-ring (bicyclic) bond motifs is 1. The molecule has 1 unspecified atom stereocenters. The van der Waals surface area contributed by atoms with E-state index in [1.165, 1.54) is 0 Å². The van der Waals surface area contributed by atoms with Crippen LogP contribution in [0.3, 0.4) is 0 Å². The molecule has 3 aromatic rings. The standard InChI is InChI=1S/C18H19N5O3/c1-11(9-15(24)25)10-20-18(26)16-12(2)23(22-21-16)14-7-3-5-13-6-4-8-19-17(13)14/h3-8,11H,9-10H2,1-2H3,(H,20,26)(H,24,25). The molecule has 1 amide bonds. The molecule has 2 aromatic heterocycles. The smallest absolute Gasteiger partial charge is 0.303 e. The fourth-order valence-corrected chi connectivity index (χ4v) is 2.75. The van der Waals surface area contributed by atoms with Crippen LogP contribution in [0.25, 0.3) is 16.6 Å². The van der Waals surface area contributed by atoms with E-state index in [9.17, 15) is 9.59 Å². The zero-order chi connectivity index (χ0) is 18.7. The number of rotatable bonds is 6. The summed E-state index contributed by atoms with van der Waals surface area (Å²) in [6.07, 6.45) is 1.70. The highest BCUT2D eigenvalue weighted by Gasteiger charge is 2.19. The van der Waals surface area contributed by atoms with Crippen LogP contribution in [0, 0.1) is 12.8 Å². The van der Waals surface area contributed by atoms with Gasteiger partial charge in [0.1, 0.15) is 0 Å². The molecule has 1 atom stereocenters. The quantitative estimate of drug-likeness (QED) is 0.701. The van der Waals surface area contributed by atoms with Crippen molar-refractivity contribution in [3.63, 3.8) is 0 Å². The maximum absolute atomic E-state index is 12.4. The third-order valence-electron chi connectivity index (χ3n) is 4.08. The lowest BCUT2D eigenvalue weighted by Gasteiger charge is -2.10. The molecule has 0 aliphatic rings. The predicted molar refractivity (Wildman–Crippen MR) is 95.1 cm³/mol. The van der Waals surface area contributed by atoms with E-state index < -0.39 is 5.97 Å². The summed E-state index contributed by atoms with van der Waals surface area (Å²) in [5, 5.41) is 20.6. The Morgan fingerprint density at radius 3 is 2.81 bits per heavy atom. The fraction of sp³-hybridized carbons (Fsp3) is 0.278. The fourth-order valence-electron chi connectivity index (χ4n) is 2.75. The molecule has 2 N–H and O–H groups in total. The van der Waals surface area contributed by atoms with E-state index in [1.807, 2.05) is 30.3 Å². The average Bonchev–Trinajstić information content (AvgIpc) is 3.00. The Morgan fingerprint density at radius 1 is 1.27 bits per heavy atom. The number of pyridine rings is 1. The number of carboxylic acid groups (broad SMARTS) is 1. The number of hydrogen-bond acceptors (Lipinski definition) is 5. The molecule has 0 saturated heterocycles. The summed E-state index contributed by atoms with van der Waals surface area (Å²) < 4.78 is 1.59. The minimum Gasteiger partial charge on any atom is -0.481 e. The van der Waals surface area contributed by atoms with E-state index in [4.69, 9.17) is 5.11 Å². The zero-order valence-electron chi connectivity index (χ0n) is 14.5. The Kier molecular flexibility index (Phi) is 4.92. The first-order chi connectivity index (χ1) is 12.5. The van der Waals surface area contributed by atoms with Gasteiger partial charge in [-0.3, -0.25) is 14.6 Å². The molecule has 1 aromatic carbocycles. The summed E-state index contributed by atoms with van der Waals surface area (Å²) in [7, 11) is 0. The summed E-state index contributed by atoms with van der Waals surface area (Å²) in [5.74, 6) is -1.44. The molecule has 0 aliphatic carbocycles. The van der Waals surface area contributed by atoms with Crippen LogP contribution < -0.4 is 5.32 Å². The van der Waals surface area contributed by atoms with Gasteiger partial charge in [0.05, 0.1) is 16.9 Å². The van der Waals surface area contributed by atoms with Gasteiger partial charge in [-0.25, -0.2) is 4.68 Å². The van der Waals surface area contributed by atoms with Crippen LogP contribution >= 0.6 is 0 Å². The molecule has 0 saturated carbocycles. The number of nitrogens with one attached hydrogen (secondary N) is 1. The van der Waals surface area contributed by atoms with Crippen molar-refractivity contribution in [2.24, 2.45) is 5.92 Å². The minimum absolute atomic E-state index is 0.00632. The molecule has 0 radical (unpaired) electrons. The van der Waals surface area contributed by atoms with Crippen LogP contribution in [-0.4, -0.2) is 43.5 Å². The van der Waals surface area contributed by atoms with E-state index in [1.54, 1.807) is 24.7 Å². The molecule has 0 spiro atoms. The maximum Gasteiger partial charge on any atom is 0.303 e. The summed E-state index contributed by atoms with van der Waals surface area (Å²) in [5.41, 5.74) is 2.31. The van der Waals surface area contributed by atoms with E-state index >= 15 is 0 Å². The van der Waals surface area contributed by atoms with Crippen molar-refractivity contribution in [1.82, 2.24) is 25.3 Å². The molecule has 8 heteroatoms. The maximum atomic E-state index is 12.4. The van der Waals surface area contributed by atoms with Crippen LogP contribution in [0.1, 0.15) is 29.5 Å². The first kappa shape index (κ1) is 17.5. The lowest BCUT2D eigenvalue weighted by atomic mass is 10.1. The van der Waals surface area contributed by atoms with Crippen molar-refractivity contribution >= 4 is 22.8 Å². The number of para-hydroxylation sites is 1. The number of carbonyl (C=O) groups excluding carboxylic acids is 1. The minimum atomic E-state index is -0.891. The number of carboxylic acids is 1. The van der Waals surface area contributed by atoms with Crippen molar-refractivity contribution in [2.75, 3.05) is 6.54 Å². The Balaban J connectivity index is 1.84. The SMILES string of the molecule is Cc1c(C(=O)NCC(C)CC(=O)O)nnn1-c1cccc2cccnc12. The Labute approximate surface area is 149 Å². The van der Waals surface area contributed by atoms with Gasteiger partial charge in [0, 0.05) is 24.5 Å². The van der Waals surface area contributed by atoms with Gasteiger partial charge in [-0.15, -0.1) is 5.10 Å². The van der Waals surface area contributed by atoms with Gasteiger partial charge in [-0.2, -0.15) is 0 Å². The first-order valence-electron chi connectivity index (χ1n) is 8.23. The van der Waals surface area contributed by atoms with Crippen molar-refractivity contribution in [3.8, 4) is 5.69 Å². The monoisotopic (exact) mass is 353 g/mol. The summed E-state index contributed by atoms with van der Waals surface area (Å²) in [6.45, 7) is 3.78. The second-order valence-electron chi connectivity index (χ2n) is 6.20. The van der Waals surface area contributed by atoms with Crippen molar-refractivity contribution in [2.45, 2.75) is 20.3 Å². The summed E-state index contributed by atoms with van der Waals surface area (Å²) >= 11 is 0. The molecule has 134 valence electrons. The van der Waals surface area contributed by atoms with Gasteiger partial charge in [0.25, 0.3) is 5.91 Å². The molecule has 0 bridgehead atoms. The van der Waals surface area contributed by atoms with Gasteiger partial charge in [0.15, 0.2) is 5.69 Å². The highest BCUT2D eigenvalue weighted by atomic mass is 16.4. The van der Waals surface area contributed by atoms with Gasteiger partial charge in [-0.1, -0.05) is 30.3 Å². The Bertz CT molecular complexity index is 961. The third-order valence-corrected chi connectivity index (χ3v) is 4.08. The van der Waals surface area contributed by atoms with Gasteiger partial charge >= 0.3 is 5.97 Å². The highest BCUT2D eigenvalue weighted by molar-refractivity contribution is 5.93. The van der Waals surface area contributed by atoms with Crippen molar-refractivity contribution in [3.05, 3.63) is 47.9 Å². The predicted octanol–water partition coefficient (Wildman–Crippen LogP) is 1.96. The number of nitrogens with zero attached hydrogens (tertiary/aromatic N) is 4. The lowest BCUT2D eigenvalue weighted by molar-refractivity contribution is -0.137. The molecule has 0 fully saturated rings. The second-order valence-corrected chi connectivity index (χ2v) is 6.20. The van der Waals surface area contributed by atoms with E-state index in [0.29, 0.717) is 5.69 Å². The summed E-state index contributed by atoms with van der Waals surface area (Å²) in [6, 6.07) is 9.53. The topological polar surface area (TPSA) is 110 Å². The van der Waals surface area contributed by atoms with Gasteiger partial charge < -0.3 is 10.4 Å². The number of aliphatic carboxylic acids is 1. The van der Waals surface area contributed by atoms with E-state index in [0.717, 1.165) is 16.6 Å².